The molecule has 1 fully saturated rings. The number of hydrogen-bond acceptors (Lipinski definition) is 14. The van der Waals surface area contributed by atoms with Gasteiger partial charge in [-0.25, -0.2) is 4.79 Å². The lowest BCUT2D eigenvalue weighted by Crippen LogP contribution is -2.71. The molecule has 0 aromatic carbocycles. The number of nitrogens with one attached hydrogen (secondary N) is 2. The molecule has 4 N–H and O–H groups in total. The molecule has 1 saturated heterocycles. The summed E-state index contributed by atoms with van der Waals surface area (Å²) in [5, 5.41) is 50.5. The van der Waals surface area contributed by atoms with Crippen LogP contribution in [0.2, 0.25) is 0 Å². The van der Waals surface area contributed by atoms with Gasteiger partial charge in [-0.3, -0.25) is 19.9 Å². The summed E-state index contributed by atoms with van der Waals surface area (Å²) in [6.07, 6.45) is 0. The number of aliphatic carboxylic acids is 1. The van der Waals surface area contributed by atoms with E-state index in [2.05, 4.69) is 31.1 Å². The van der Waals surface area contributed by atoms with Gasteiger partial charge in [0.1, 0.15) is 34.4 Å². The largest absolute Gasteiger partial charge is 0.477 e. The standard InChI is InChI=1S/C19H18N10O6S3/c1-2-35-24-12(9-7-38-19(20)28(9)34)15(30)21-13-16(31)27-14(18(32)33)8(6-37-17(13)27)5-36-11-4-3-10-22-25-26-29(10)23-11/h3-4,7,13,17,20,34H,2,5-6H2,1H3,(H,21,30)(H,32,33)/t13-,17+/m1/s1. The van der Waals surface area contributed by atoms with Crippen LogP contribution < -0.4 is 10.1 Å². The summed E-state index contributed by atoms with van der Waals surface area (Å²) < 4.78 is 1.74. The van der Waals surface area contributed by atoms with Crippen LogP contribution in [-0.4, -0.2) is 98.2 Å². The molecule has 3 aromatic heterocycles. The number of thiazole rings is 1. The van der Waals surface area contributed by atoms with E-state index < -0.39 is 29.2 Å². The van der Waals surface area contributed by atoms with Crippen LogP contribution >= 0.6 is 34.9 Å². The molecule has 19 heteroatoms. The molecular formula is C19H18N10O6S3. The number of carbonyl (C=O) groups excluding carboxylic acids is 2. The minimum Gasteiger partial charge on any atom is -0.477 e. The summed E-state index contributed by atoms with van der Waals surface area (Å²) in [6, 6.07) is 2.38. The van der Waals surface area contributed by atoms with Gasteiger partial charge in [0.25, 0.3) is 11.8 Å². The van der Waals surface area contributed by atoms with Gasteiger partial charge in [0.15, 0.2) is 11.4 Å². The fourth-order valence-electron chi connectivity index (χ4n) is 3.69. The van der Waals surface area contributed by atoms with Crippen molar-refractivity contribution in [2.24, 2.45) is 5.16 Å². The number of carboxylic acid groups (broad SMARTS) is 1. The van der Waals surface area contributed by atoms with Crippen LogP contribution in [0.1, 0.15) is 12.6 Å². The van der Waals surface area contributed by atoms with E-state index in [0.29, 0.717) is 26.7 Å². The average molecular weight is 579 g/mol. The number of nitrogens with zero attached hydrogens (tertiary/aromatic N) is 8. The Morgan fingerprint density at radius 3 is 2.92 bits per heavy atom. The summed E-state index contributed by atoms with van der Waals surface area (Å²) in [4.78, 5) is 44.1. The number of fused-ring (bicyclic) bond motifs is 2. The third kappa shape index (κ3) is 4.58. The summed E-state index contributed by atoms with van der Waals surface area (Å²) in [6.45, 7) is 1.79. The Morgan fingerprint density at radius 1 is 1.39 bits per heavy atom. The highest BCUT2D eigenvalue weighted by Gasteiger charge is 2.54. The number of amides is 2. The van der Waals surface area contributed by atoms with E-state index in [-0.39, 0.29) is 34.3 Å². The van der Waals surface area contributed by atoms with E-state index in [0.717, 1.165) is 16.2 Å². The molecule has 3 aromatic rings. The zero-order chi connectivity index (χ0) is 27.0. The molecule has 0 radical (unpaired) electrons. The molecular weight excluding hydrogens is 560 g/mol. The highest BCUT2D eigenvalue weighted by molar-refractivity contribution is 8.01. The lowest BCUT2D eigenvalue weighted by molar-refractivity contribution is -0.150. The Balaban J connectivity index is 1.32. The van der Waals surface area contributed by atoms with Crippen LogP contribution in [0.4, 0.5) is 0 Å². The predicted octanol–water partition coefficient (Wildman–Crippen LogP) is -0.629. The molecule has 38 heavy (non-hydrogen) atoms. The molecule has 198 valence electrons. The predicted molar refractivity (Wildman–Crippen MR) is 132 cm³/mol. The molecule has 16 nitrogen and oxygen atoms in total. The monoisotopic (exact) mass is 578 g/mol. The van der Waals surface area contributed by atoms with Crippen LogP contribution in [0, 0.1) is 5.41 Å². The van der Waals surface area contributed by atoms with Gasteiger partial charge < -0.3 is 20.5 Å². The van der Waals surface area contributed by atoms with Crippen molar-refractivity contribution in [3.63, 3.8) is 0 Å². The Labute approximate surface area is 224 Å². The number of rotatable bonds is 9. The number of hydrogen-bond donors (Lipinski definition) is 4. The number of thioether (sulfide) groups is 2. The second kappa shape index (κ2) is 10.4. The average Bonchev–Trinajstić information content (AvgIpc) is 3.51. The molecule has 0 aliphatic carbocycles. The normalized spacial score (nSPS) is 19.3. The van der Waals surface area contributed by atoms with Crippen LogP contribution in [0.15, 0.2) is 39.0 Å². The Hall–Kier alpha value is -3.97. The second-order valence-electron chi connectivity index (χ2n) is 7.70. The highest BCUT2D eigenvalue weighted by Crippen LogP contribution is 2.41. The van der Waals surface area contributed by atoms with E-state index in [1.54, 1.807) is 19.1 Å². The van der Waals surface area contributed by atoms with Gasteiger partial charge >= 0.3 is 5.97 Å². The van der Waals surface area contributed by atoms with Gasteiger partial charge in [0.2, 0.25) is 4.80 Å². The molecule has 5 rings (SSSR count). The molecule has 2 aliphatic heterocycles. The van der Waals surface area contributed by atoms with Gasteiger partial charge in [0.05, 0.1) is 0 Å². The minimum absolute atomic E-state index is 0.0789. The number of tetrazole rings is 1. The first kappa shape index (κ1) is 25.7. The fraction of sp³-hybridized carbons (Fsp3) is 0.316. The second-order valence-corrected chi connectivity index (χ2v) is 10.7. The van der Waals surface area contributed by atoms with Crippen molar-refractivity contribution in [1.82, 2.24) is 40.2 Å². The molecule has 2 aliphatic rings. The first-order valence-electron chi connectivity index (χ1n) is 10.8. The summed E-state index contributed by atoms with van der Waals surface area (Å²) in [5.74, 6) is -2.09. The molecule has 0 saturated carbocycles. The van der Waals surface area contributed by atoms with Gasteiger partial charge in [0, 0.05) is 16.9 Å². The third-order valence-electron chi connectivity index (χ3n) is 5.42. The minimum atomic E-state index is -1.26. The number of β-lactam (4-membered cyclic amide) rings is 1. The maximum atomic E-state index is 13.0. The molecule has 2 amide bonds. The Bertz CT molecular complexity index is 1560. The first-order chi connectivity index (χ1) is 18.3. The number of carbonyl (C=O) groups is 3. The topological polar surface area (TPSA) is 213 Å². The number of carboxylic acids is 1. The van der Waals surface area contributed by atoms with Crippen molar-refractivity contribution in [3.8, 4) is 0 Å². The third-order valence-corrected chi connectivity index (χ3v) is 8.50. The van der Waals surface area contributed by atoms with E-state index >= 15 is 0 Å². The first-order valence-corrected chi connectivity index (χ1v) is 13.7. The fourth-order valence-corrected chi connectivity index (χ4v) is 6.65. The zero-order valence-electron chi connectivity index (χ0n) is 19.3. The van der Waals surface area contributed by atoms with E-state index in [1.807, 2.05) is 0 Å². The van der Waals surface area contributed by atoms with Gasteiger partial charge in [-0.2, -0.15) is 4.73 Å². The van der Waals surface area contributed by atoms with Gasteiger partial charge in [-0.15, -0.1) is 49.7 Å². The highest BCUT2D eigenvalue weighted by atomic mass is 32.2. The van der Waals surface area contributed by atoms with E-state index in [1.165, 1.54) is 33.5 Å². The van der Waals surface area contributed by atoms with Crippen LogP contribution in [0.5, 0.6) is 0 Å². The molecule has 2 atom stereocenters. The van der Waals surface area contributed by atoms with Crippen molar-refractivity contribution < 1.29 is 29.5 Å². The van der Waals surface area contributed by atoms with Crippen LogP contribution in [0.3, 0.4) is 0 Å². The van der Waals surface area contributed by atoms with Gasteiger partial charge in [-0.05, 0) is 35.1 Å². The SMILES string of the molecule is CCON=C(C(=O)N[C@@H]1C(=O)N2C(C(=O)O)=C(CSc3ccc4nnnn4n3)CS[C@@H]12)c1csc(=N)n1O. The molecule has 0 spiro atoms. The zero-order valence-corrected chi connectivity index (χ0v) is 21.8. The summed E-state index contributed by atoms with van der Waals surface area (Å²) in [5.41, 5.74) is 0.464. The molecule has 0 bridgehead atoms. The van der Waals surface area contributed by atoms with Crippen molar-refractivity contribution in [1.29, 1.82) is 5.41 Å². The lowest BCUT2D eigenvalue weighted by atomic mass is 10.0. The van der Waals surface area contributed by atoms with E-state index in [9.17, 15) is 24.7 Å². The maximum absolute atomic E-state index is 13.0. The Morgan fingerprint density at radius 2 is 2.21 bits per heavy atom. The summed E-state index contributed by atoms with van der Waals surface area (Å²) >= 11 is 3.46. The number of oxime groups is 1. The number of aromatic nitrogens is 6. The van der Waals surface area contributed by atoms with Gasteiger partial charge in [-0.1, -0.05) is 5.16 Å². The lowest BCUT2D eigenvalue weighted by Gasteiger charge is -2.49. The Kier molecular flexibility index (Phi) is 7.04. The van der Waals surface area contributed by atoms with Crippen molar-refractivity contribution in [2.45, 2.75) is 23.4 Å². The molecule has 0 unspecified atom stereocenters. The van der Waals surface area contributed by atoms with Crippen LogP contribution in [0.25, 0.3) is 5.65 Å². The maximum Gasteiger partial charge on any atom is 0.352 e. The van der Waals surface area contributed by atoms with Crippen molar-refractivity contribution in [3.05, 3.63) is 39.3 Å². The smallest absolute Gasteiger partial charge is 0.352 e. The van der Waals surface area contributed by atoms with Crippen molar-refractivity contribution >= 4 is 64.0 Å². The van der Waals surface area contributed by atoms with Crippen LogP contribution in [-0.2, 0) is 19.2 Å². The molecule has 5 heterocycles. The van der Waals surface area contributed by atoms with E-state index in [4.69, 9.17) is 10.2 Å². The van der Waals surface area contributed by atoms with Crippen molar-refractivity contribution in [2.75, 3.05) is 18.1 Å². The summed E-state index contributed by atoms with van der Waals surface area (Å²) in [7, 11) is 0. The quantitative estimate of drug-likeness (QED) is 0.0821.